The lowest BCUT2D eigenvalue weighted by Crippen LogP contribution is -2.46. The molecule has 0 saturated carbocycles. The zero-order valence-corrected chi connectivity index (χ0v) is 21.3. The maximum absolute atomic E-state index is 12.7. The number of unbranched alkanes of at least 4 members (excludes halogenated alkanes) is 1. The molecule has 0 bridgehead atoms. The predicted molar refractivity (Wildman–Crippen MR) is 138 cm³/mol. The molecule has 0 saturated heterocycles. The molecule has 0 aliphatic rings. The summed E-state index contributed by atoms with van der Waals surface area (Å²) >= 11 is 3.79. The molecule has 0 aliphatic carbocycles. The van der Waals surface area contributed by atoms with Crippen molar-refractivity contribution in [1.29, 1.82) is 0 Å². The standard InChI is InChI=1S/C25H34N4O5S/c1-4-5-10-29(25(33)15-28-23(31)13-26-22(30)14-27-24(32)16-35)34-21-9-8-19-11-18(17(2)3)6-7-20(19)12-21/h6-9,11-12,17,35H,4-5,10,13-16H2,1-3H3,(H,26,30)(H,27,32)(H,28,31). The van der Waals surface area contributed by atoms with Gasteiger partial charge in [-0.15, -0.1) is 0 Å². The zero-order valence-electron chi connectivity index (χ0n) is 20.4. The second-order valence-corrected chi connectivity index (χ2v) is 8.67. The Bertz CT molecular complexity index is 1040. The number of rotatable bonds is 13. The van der Waals surface area contributed by atoms with Crippen molar-refractivity contribution in [1.82, 2.24) is 21.0 Å². The highest BCUT2D eigenvalue weighted by molar-refractivity contribution is 7.81. The molecule has 3 N–H and O–H groups in total. The van der Waals surface area contributed by atoms with Crippen molar-refractivity contribution < 1.29 is 24.0 Å². The molecule has 190 valence electrons. The van der Waals surface area contributed by atoms with Crippen LogP contribution < -0.4 is 20.8 Å². The molecular formula is C25H34N4O5S. The molecule has 35 heavy (non-hydrogen) atoms. The molecule has 4 amide bonds. The van der Waals surface area contributed by atoms with Gasteiger partial charge in [-0.25, -0.2) is 0 Å². The minimum atomic E-state index is -0.533. The molecule has 0 fully saturated rings. The lowest BCUT2D eigenvalue weighted by Gasteiger charge is -2.23. The molecule has 0 unspecified atom stereocenters. The maximum Gasteiger partial charge on any atom is 0.274 e. The first kappa shape index (κ1) is 28.0. The number of benzene rings is 2. The Morgan fingerprint density at radius 2 is 1.49 bits per heavy atom. The number of carbonyl (C=O) groups excluding carboxylic acids is 4. The minimum Gasteiger partial charge on any atom is -0.377 e. The monoisotopic (exact) mass is 502 g/mol. The lowest BCUT2D eigenvalue weighted by molar-refractivity contribution is -0.157. The first-order chi connectivity index (χ1) is 16.7. The van der Waals surface area contributed by atoms with Crippen LogP contribution >= 0.6 is 12.6 Å². The van der Waals surface area contributed by atoms with Gasteiger partial charge in [0, 0.05) is 0 Å². The number of fused-ring (bicyclic) bond motifs is 1. The first-order valence-electron chi connectivity index (χ1n) is 11.7. The van der Waals surface area contributed by atoms with Crippen molar-refractivity contribution >= 4 is 47.0 Å². The van der Waals surface area contributed by atoms with Crippen LogP contribution in [0, 0.1) is 0 Å². The highest BCUT2D eigenvalue weighted by Crippen LogP contribution is 2.25. The van der Waals surface area contributed by atoms with E-state index in [-0.39, 0.29) is 25.4 Å². The molecule has 9 nitrogen and oxygen atoms in total. The van der Waals surface area contributed by atoms with Crippen LogP contribution in [0.2, 0.25) is 0 Å². The van der Waals surface area contributed by atoms with Gasteiger partial charge in [0.05, 0.1) is 31.9 Å². The molecule has 2 aromatic carbocycles. The van der Waals surface area contributed by atoms with E-state index in [1.54, 1.807) is 0 Å². The summed E-state index contributed by atoms with van der Waals surface area (Å²) in [6.45, 7) is 5.82. The van der Waals surface area contributed by atoms with Crippen molar-refractivity contribution in [2.24, 2.45) is 0 Å². The van der Waals surface area contributed by atoms with Gasteiger partial charge < -0.3 is 20.8 Å². The van der Waals surface area contributed by atoms with E-state index >= 15 is 0 Å². The van der Waals surface area contributed by atoms with Crippen LogP contribution in [0.4, 0.5) is 0 Å². The number of nitrogens with zero attached hydrogens (tertiary/aromatic N) is 1. The fourth-order valence-electron chi connectivity index (χ4n) is 3.11. The molecule has 0 spiro atoms. The third-order valence-corrected chi connectivity index (χ3v) is 5.47. The molecule has 0 aromatic heterocycles. The molecule has 2 rings (SSSR count). The number of hydrogen-bond donors (Lipinski definition) is 4. The summed E-state index contributed by atoms with van der Waals surface area (Å²) in [5, 5.41) is 10.5. The highest BCUT2D eigenvalue weighted by atomic mass is 32.1. The van der Waals surface area contributed by atoms with Crippen LogP contribution in [0.15, 0.2) is 36.4 Å². The molecule has 0 atom stereocenters. The van der Waals surface area contributed by atoms with Gasteiger partial charge >= 0.3 is 0 Å². The van der Waals surface area contributed by atoms with E-state index in [1.165, 1.54) is 10.6 Å². The Balaban J connectivity index is 1.92. The van der Waals surface area contributed by atoms with Gasteiger partial charge in [-0.05, 0) is 40.8 Å². The van der Waals surface area contributed by atoms with Gasteiger partial charge in [-0.2, -0.15) is 17.7 Å². The summed E-state index contributed by atoms with van der Waals surface area (Å²) in [4.78, 5) is 53.4. The SMILES string of the molecule is CCCCN(Oc1ccc2cc(C(C)C)ccc2c1)C(=O)CNC(=O)CNC(=O)CNC(=O)CS. The van der Waals surface area contributed by atoms with E-state index in [2.05, 4.69) is 54.6 Å². The molecule has 0 aliphatic heterocycles. The van der Waals surface area contributed by atoms with Crippen LogP contribution in [0.25, 0.3) is 10.8 Å². The Labute approximate surface area is 211 Å². The van der Waals surface area contributed by atoms with Crippen molar-refractivity contribution in [2.45, 2.75) is 39.5 Å². The molecular weight excluding hydrogens is 468 g/mol. The number of amides is 4. The maximum atomic E-state index is 12.7. The van der Waals surface area contributed by atoms with Gasteiger partial charge in [0.2, 0.25) is 17.7 Å². The Hall–Kier alpha value is -3.27. The summed E-state index contributed by atoms with van der Waals surface area (Å²) < 4.78 is 0. The normalized spacial score (nSPS) is 10.7. The summed E-state index contributed by atoms with van der Waals surface area (Å²) in [6.07, 6.45) is 1.60. The van der Waals surface area contributed by atoms with Crippen LogP contribution in [0.5, 0.6) is 5.75 Å². The number of nitrogens with one attached hydrogen (secondary N) is 3. The summed E-state index contributed by atoms with van der Waals surface area (Å²) in [5.74, 6) is -0.932. The largest absolute Gasteiger partial charge is 0.377 e. The van der Waals surface area contributed by atoms with Gasteiger partial charge in [-0.3, -0.25) is 19.2 Å². The fraction of sp³-hybridized carbons (Fsp3) is 0.440. The van der Waals surface area contributed by atoms with Crippen molar-refractivity contribution in [3.8, 4) is 5.75 Å². The quantitative estimate of drug-likeness (QED) is 0.247. The Kier molecular flexibility index (Phi) is 11.4. The number of thiol groups is 1. The van der Waals surface area contributed by atoms with Crippen LogP contribution in [0.1, 0.15) is 45.1 Å². The third-order valence-electron chi connectivity index (χ3n) is 5.18. The van der Waals surface area contributed by atoms with Gasteiger partial charge in [0.15, 0.2) is 5.75 Å². The number of carbonyl (C=O) groups is 4. The minimum absolute atomic E-state index is 0.0370. The Morgan fingerprint density at radius 1 is 0.886 bits per heavy atom. The number of hydroxylamine groups is 2. The topological polar surface area (TPSA) is 117 Å². The highest BCUT2D eigenvalue weighted by Gasteiger charge is 2.17. The summed E-state index contributed by atoms with van der Waals surface area (Å²) in [6, 6.07) is 11.9. The van der Waals surface area contributed by atoms with Crippen LogP contribution in [-0.2, 0) is 19.2 Å². The van der Waals surface area contributed by atoms with Crippen molar-refractivity contribution in [3.05, 3.63) is 42.0 Å². The average molecular weight is 503 g/mol. The Morgan fingerprint density at radius 3 is 2.11 bits per heavy atom. The van der Waals surface area contributed by atoms with E-state index in [9.17, 15) is 19.2 Å². The predicted octanol–water partition coefficient (Wildman–Crippen LogP) is 2.16. The second-order valence-electron chi connectivity index (χ2n) is 8.35. The molecule has 0 radical (unpaired) electrons. The first-order valence-corrected chi connectivity index (χ1v) is 12.3. The van der Waals surface area contributed by atoms with E-state index in [0.717, 1.165) is 23.6 Å². The van der Waals surface area contributed by atoms with Gasteiger partial charge in [0.25, 0.3) is 5.91 Å². The zero-order chi connectivity index (χ0) is 25.8. The van der Waals surface area contributed by atoms with Crippen LogP contribution in [-0.4, -0.2) is 60.6 Å². The molecule has 0 heterocycles. The van der Waals surface area contributed by atoms with Crippen molar-refractivity contribution in [2.75, 3.05) is 31.9 Å². The summed E-state index contributed by atoms with van der Waals surface area (Å²) in [7, 11) is 0. The fourth-order valence-corrected chi connectivity index (χ4v) is 3.22. The van der Waals surface area contributed by atoms with Gasteiger partial charge in [0.1, 0.15) is 0 Å². The van der Waals surface area contributed by atoms with E-state index in [0.29, 0.717) is 18.2 Å². The lowest BCUT2D eigenvalue weighted by atomic mass is 9.99. The van der Waals surface area contributed by atoms with E-state index < -0.39 is 23.6 Å². The number of hydrogen-bond acceptors (Lipinski definition) is 6. The van der Waals surface area contributed by atoms with Gasteiger partial charge in [-0.1, -0.05) is 51.5 Å². The average Bonchev–Trinajstić information content (AvgIpc) is 2.86. The second kappa shape index (κ2) is 14.2. The summed E-state index contributed by atoms with van der Waals surface area (Å²) in [5.41, 5.74) is 1.25. The van der Waals surface area contributed by atoms with Crippen molar-refractivity contribution in [3.63, 3.8) is 0 Å². The van der Waals surface area contributed by atoms with E-state index in [1.807, 2.05) is 31.2 Å². The third kappa shape index (κ3) is 9.48. The molecule has 2 aromatic rings. The molecule has 10 heteroatoms. The van der Waals surface area contributed by atoms with E-state index in [4.69, 9.17) is 4.84 Å². The smallest absolute Gasteiger partial charge is 0.274 e. The van der Waals surface area contributed by atoms with Crippen LogP contribution in [0.3, 0.4) is 0 Å².